The number of nitrogens with zero attached hydrogens (tertiary/aromatic N) is 3. The zero-order valence-electron chi connectivity index (χ0n) is 17.9. The molecular formula is C24H23N5O2. The maximum Gasteiger partial charge on any atom is 0.349 e. The number of H-pyrrole nitrogens is 2. The second-order valence-corrected chi connectivity index (χ2v) is 8.15. The number of aromatic amines is 2. The predicted octanol–water partition coefficient (Wildman–Crippen LogP) is 3.60. The van der Waals surface area contributed by atoms with Gasteiger partial charge in [-0.25, -0.2) is 4.79 Å². The van der Waals surface area contributed by atoms with E-state index in [9.17, 15) is 9.59 Å². The molecule has 2 N–H and O–H groups in total. The number of hydrogen-bond acceptors (Lipinski definition) is 4. The van der Waals surface area contributed by atoms with E-state index in [0.717, 1.165) is 27.7 Å². The van der Waals surface area contributed by atoms with E-state index in [0.29, 0.717) is 11.6 Å². The van der Waals surface area contributed by atoms with Gasteiger partial charge in [-0.15, -0.1) is 5.10 Å². The van der Waals surface area contributed by atoms with Crippen LogP contribution in [0.2, 0.25) is 0 Å². The van der Waals surface area contributed by atoms with E-state index in [-0.39, 0.29) is 5.69 Å². The van der Waals surface area contributed by atoms with Crippen LogP contribution >= 0.6 is 0 Å². The molecule has 0 saturated carbocycles. The minimum atomic E-state index is -0.783. The van der Waals surface area contributed by atoms with Crippen LogP contribution < -0.4 is 11.2 Å². The molecule has 0 spiro atoms. The van der Waals surface area contributed by atoms with Gasteiger partial charge in [0.25, 0.3) is 5.56 Å². The summed E-state index contributed by atoms with van der Waals surface area (Å²) in [6.45, 7) is 8.35. The fourth-order valence-electron chi connectivity index (χ4n) is 4.00. The van der Waals surface area contributed by atoms with Gasteiger partial charge < -0.3 is 4.98 Å². The Morgan fingerprint density at radius 3 is 2.48 bits per heavy atom. The number of nitriles is 1. The highest BCUT2D eigenvalue weighted by Gasteiger charge is 2.13. The second-order valence-electron chi connectivity index (χ2n) is 8.15. The van der Waals surface area contributed by atoms with Gasteiger partial charge in [0.05, 0.1) is 5.69 Å². The molecule has 2 aromatic carbocycles. The summed E-state index contributed by atoms with van der Waals surface area (Å²) < 4.78 is 1.06. The number of rotatable bonds is 4. The van der Waals surface area contributed by atoms with E-state index in [1.807, 2.05) is 26.0 Å². The molecule has 0 radical (unpaired) electrons. The molecule has 156 valence electrons. The maximum atomic E-state index is 12.2. The van der Waals surface area contributed by atoms with Crippen LogP contribution in [0.1, 0.15) is 53.3 Å². The first-order valence-electron chi connectivity index (χ1n) is 10.1. The number of hydrogen-bond donors (Lipinski definition) is 2. The molecule has 2 heterocycles. The minimum absolute atomic E-state index is 0.347. The molecule has 0 amide bonds. The Kier molecular flexibility index (Phi) is 5.07. The van der Waals surface area contributed by atoms with Crippen molar-refractivity contribution in [3.8, 4) is 11.8 Å². The Labute approximate surface area is 179 Å². The first-order chi connectivity index (χ1) is 14.8. The molecule has 0 aliphatic carbocycles. The third kappa shape index (κ3) is 3.68. The first kappa shape index (κ1) is 20.4. The van der Waals surface area contributed by atoms with Crippen LogP contribution in [0.15, 0.2) is 46.1 Å². The van der Waals surface area contributed by atoms with Crippen LogP contribution in [0.4, 0.5) is 0 Å². The summed E-state index contributed by atoms with van der Waals surface area (Å²) in [5, 5.41) is 14.2. The van der Waals surface area contributed by atoms with E-state index in [2.05, 4.69) is 53.3 Å². The Balaban J connectivity index is 1.75. The van der Waals surface area contributed by atoms with Crippen molar-refractivity contribution >= 4 is 10.9 Å². The van der Waals surface area contributed by atoms with Crippen LogP contribution in [-0.2, 0) is 6.42 Å². The quantitative estimate of drug-likeness (QED) is 0.533. The van der Waals surface area contributed by atoms with E-state index in [4.69, 9.17) is 5.26 Å². The van der Waals surface area contributed by atoms with Crippen molar-refractivity contribution in [1.82, 2.24) is 19.7 Å². The van der Waals surface area contributed by atoms with Crippen molar-refractivity contribution in [2.45, 2.75) is 40.0 Å². The summed E-state index contributed by atoms with van der Waals surface area (Å²) in [4.78, 5) is 29.3. The lowest BCUT2D eigenvalue weighted by molar-refractivity contribution is 0.738. The molecule has 0 atom stereocenters. The van der Waals surface area contributed by atoms with Crippen molar-refractivity contribution in [1.29, 1.82) is 5.26 Å². The number of aromatic nitrogens is 4. The predicted molar refractivity (Wildman–Crippen MR) is 120 cm³/mol. The highest BCUT2D eigenvalue weighted by atomic mass is 16.2. The van der Waals surface area contributed by atoms with Crippen molar-refractivity contribution in [3.05, 3.63) is 90.9 Å². The number of nitrogens with one attached hydrogen (secondary N) is 2. The number of aryl methyl sites for hydroxylation is 2. The van der Waals surface area contributed by atoms with E-state index in [1.165, 1.54) is 22.1 Å². The molecular weight excluding hydrogens is 390 g/mol. The molecule has 7 heteroatoms. The number of fused-ring (bicyclic) bond motifs is 1. The van der Waals surface area contributed by atoms with Gasteiger partial charge in [-0.2, -0.15) is 9.94 Å². The zero-order chi connectivity index (χ0) is 22.3. The smallest absolute Gasteiger partial charge is 0.349 e. The average Bonchev–Trinajstić information content (AvgIpc) is 3.14. The maximum absolute atomic E-state index is 12.2. The summed E-state index contributed by atoms with van der Waals surface area (Å²) in [6, 6.07) is 11.9. The molecule has 0 bridgehead atoms. The van der Waals surface area contributed by atoms with Crippen LogP contribution in [0.5, 0.6) is 0 Å². The first-order valence-corrected chi connectivity index (χ1v) is 10.1. The molecule has 0 saturated heterocycles. The van der Waals surface area contributed by atoms with Crippen LogP contribution in [-0.4, -0.2) is 19.7 Å². The SMILES string of the molecule is Cc1cc(-n2nc(C#N)c(=O)[nH]c2=O)cc(C)c1Cc1ccc2[nH]cc(C(C)C)c2c1. The van der Waals surface area contributed by atoms with Gasteiger partial charge >= 0.3 is 5.69 Å². The van der Waals surface area contributed by atoms with Gasteiger partial charge in [0.1, 0.15) is 6.07 Å². The van der Waals surface area contributed by atoms with E-state index in [1.54, 1.807) is 6.07 Å². The lowest BCUT2D eigenvalue weighted by Gasteiger charge is -2.14. The highest BCUT2D eigenvalue weighted by Crippen LogP contribution is 2.28. The third-order valence-electron chi connectivity index (χ3n) is 5.64. The fourth-order valence-corrected chi connectivity index (χ4v) is 4.00. The second kappa shape index (κ2) is 7.73. The van der Waals surface area contributed by atoms with E-state index < -0.39 is 11.2 Å². The molecule has 7 nitrogen and oxygen atoms in total. The third-order valence-corrected chi connectivity index (χ3v) is 5.64. The summed E-state index contributed by atoms with van der Waals surface area (Å²) >= 11 is 0. The van der Waals surface area contributed by atoms with Crippen LogP contribution in [0.3, 0.4) is 0 Å². The minimum Gasteiger partial charge on any atom is -0.361 e. The summed E-state index contributed by atoms with van der Waals surface area (Å²) in [7, 11) is 0. The molecule has 0 fully saturated rings. The molecule has 31 heavy (non-hydrogen) atoms. The number of benzene rings is 2. The zero-order valence-corrected chi connectivity index (χ0v) is 17.9. The molecule has 4 aromatic rings. The Morgan fingerprint density at radius 2 is 1.84 bits per heavy atom. The Hall–Kier alpha value is -3.92. The summed E-state index contributed by atoms with van der Waals surface area (Å²) in [6.07, 6.45) is 2.84. The molecule has 0 aliphatic rings. The largest absolute Gasteiger partial charge is 0.361 e. The lowest BCUT2D eigenvalue weighted by atomic mass is 9.94. The van der Waals surface area contributed by atoms with E-state index >= 15 is 0 Å². The van der Waals surface area contributed by atoms with Gasteiger partial charge in [-0.05, 0) is 78.3 Å². The van der Waals surface area contributed by atoms with Crippen LogP contribution in [0.25, 0.3) is 16.6 Å². The van der Waals surface area contributed by atoms with Crippen molar-refractivity contribution < 1.29 is 0 Å². The standard InChI is InChI=1S/C24H23N5O2/c1-13(2)20-12-26-21-6-5-16(10-19(20)21)9-18-14(3)7-17(8-15(18)4)29-24(31)27-23(30)22(11-25)28-29/h5-8,10,12-13,26H,9H2,1-4H3,(H,27,30,31). The summed E-state index contributed by atoms with van der Waals surface area (Å²) in [5.41, 5.74) is 5.54. The monoisotopic (exact) mass is 413 g/mol. The van der Waals surface area contributed by atoms with Crippen molar-refractivity contribution in [3.63, 3.8) is 0 Å². The molecule has 4 rings (SSSR count). The Bertz CT molecular complexity index is 1440. The van der Waals surface area contributed by atoms with Gasteiger partial charge in [-0.1, -0.05) is 19.9 Å². The average molecular weight is 413 g/mol. The van der Waals surface area contributed by atoms with Crippen LogP contribution in [0, 0.1) is 25.2 Å². The van der Waals surface area contributed by atoms with Gasteiger partial charge in [0, 0.05) is 17.1 Å². The lowest BCUT2D eigenvalue weighted by Crippen LogP contribution is -2.33. The van der Waals surface area contributed by atoms with Crippen molar-refractivity contribution in [2.75, 3.05) is 0 Å². The fraction of sp³-hybridized carbons (Fsp3) is 0.250. The molecule has 0 unspecified atom stereocenters. The van der Waals surface area contributed by atoms with Crippen molar-refractivity contribution in [2.24, 2.45) is 0 Å². The van der Waals surface area contributed by atoms with Gasteiger partial charge in [0.2, 0.25) is 5.69 Å². The normalized spacial score (nSPS) is 11.2. The topological polar surface area (TPSA) is 107 Å². The molecule has 2 aromatic heterocycles. The van der Waals surface area contributed by atoms with Gasteiger partial charge in [-0.3, -0.25) is 9.78 Å². The highest BCUT2D eigenvalue weighted by molar-refractivity contribution is 5.84. The van der Waals surface area contributed by atoms with Gasteiger partial charge in [0.15, 0.2) is 0 Å². The molecule has 0 aliphatic heterocycles. The Morgan fingerprint density at radius 1 is 1.13 bits per heavy atom. The summed E-state index contributed by atoms with van der Waals surface area (Å²) in [5.74, 6) is 0.438.